The zero-order valence-electron chi connectivity index (χ0n) is 7.08. The van der Waals surface area contributed by atoms with Gasteiger partial charge >= 0.3 is 5.97 Å². The second-order valence-electron chi connectivity index (χ2n) is 2.54. The molecule has 0 amide bonds. The molecule has 3 nitrogen and oxygen atoms in total. The molecule has 0 aromatic heterocycles. The summed E-state index contributed by atoms with van der Waals surface area (Å²) < 4.78 is 5.78. The summed E-state index contributed by atoms with van der Waals surface area (Å²) in [7, 11) is 1.57. The number of aromatic carboxylic acids is 1. The van der Waals surface area contributed by atoms with Crippen molar-refractivity contribution in [3.63, 3.8) is 0 Å². The molecule has 4 heteroatoms. The molecule has 0 aliphatic carbocycles. The zero-order chi connectivity index (χ0) is 9.84. The molecular formula is C9H9BrO3. The Labute approximate surface area is 84.5 Å². The van der Waals surface area contributed by atoms with E-state index in [1.165, 1.54) is 0 Å². The lowest BCUT2D eigenvalue weighted by Crippen LogP contribution is -1.98. The standard InChI is InChI=1S/C9H9BrO3/c1-13-5-7-4-6(9(11)12)2-3-8(7)10/h2-4H,5H2,1H3,(H,11,12). The number of methoxy groups -OCH3 is 1. The predicted molar refractivity (Wildman–Crippen MR) is 51.8 cm³/mol. The quantitative estimate of drug-likeness (QED) is 0.888. The highest BCUT2D eigenvalue weighted by Crippen LogP contribution is 2.19. The molecule has 13 heavy (non-hydrogen) atoms. The van der Waals surface area contributed by atoms with E-state index in [4.69, 9.17) is 9.84 Å². The maximum absolute atomic E-state index is 10.6. The SMILES string of the molecule is COCc1cc(C(=O)O)ccc1Br. The third-order valence-electron chi connectivity index (χ3n) is 1.59. The largest absolute Gasteiger partial charge is 0.478 e. The van der Waals surface area contributed by atoms with Crippen LogP contribution in [0.25, 0.3) is 0 Å². The molecule has 0 atom stereocenters. The van der Waals surface area contributed by atoms with Crippen LogP contribution in [0.3, 0.4) is 0 Å². The Bertz CT molecular complexity index is 323. The number of carbonyl (C=O) groups is 1. The lowest BCUT2D eigenvalue weighted by Gasteiger charge is -2.03. The third kappa shape index (κ3) is 2.54. The van der Waals surface area contributed by atoms with Crippen LogP contribution in [0.15, 0.2) is 22.7 Å². The van der Waals surface area contributed by atoms with E-state index in [1.54, 1.807) is 25.3 Å². The molecule has 0 spiro atoms. The first kappa shape index (κ1) is 10.2. The summed E-state index contributed by atoms with van der Waals surface area (Å²) in [5.74, 6) is -0.926. The van der Waals surface area contributed by atoms with Gasteiger partial charge in [-0.15, -0.1) is 0 Å². The summed E-state index contributed by atoms with van der Waals surface area (Å²) in [5, 5.41) is 8.71. The minimum Gasteiger partial charge on any atom is -0.478 e. The van der Waals surface area contributed by atoms with Gasteiger partial charge in [0.2, 0.25) is 0 Å². The first-order chi connectivity index (χ1) is 6.15. The predicted octanol–water partition coefficient (Wildman–Crippen LogP) is 2.29. The van der Waals surface area contributed by atoms with E-state index in [2.05, 4.69) is 15.9 Å². The van der Waals surface area contributed by atoms with Crippen molar-refractivity contribution < 1.29 is 14.6 Å². The van der Waals surface area contributed by atoms with Crippen LogP contribution in [0.4, 0.5) is 0 Å². The highest BCUT2D eigenvalue weighted by Gasteiger charge is 2.06. The second-order valence-corrected chi connectivity index (χ2v) is 3.40. The van der Waals surface area contributed by atoms with E-state index in [-0.39, 0.29) is 5.56 Å². The van der Waals surface area contributed by atoms with Gasteiger partial charge in [-0.1, -0.05) is 15.9 Å². The molecule has 70 valence electrons. The van der Waals surface area contributed by atoms with Gasteiger partial charge in [0.15, 0.2) is 0 Å². The van der Waals surface area contributed by atoms with Gasteiger partial charge < -0.3 is 9.84 Å². The van der Waals surface area contributed by atoms with Crippen LogP contribution in [0, 0.1) is 0 Å². The third-order valence-corrected chi connectivity index (χ3v) is 2.37. The molecule has 1 N–H and O–H groups in total. The second kappa shape index (κ2) is 4.39. The molecule has 1 aromatic carbocycles. The van der Waals surface area contributed by atoms with E-state index in [0.29, 0.717) is 6.61 Å². The van der Waals surface area contributed by atoms with Crippen molar-refractivity contribution >= 4 is 21.9 Å². The summed E-state index contributed by atoms with van der Waals surface area (Å²) in [6.07, 6.45) is 0. The lowest BCUT2D eigenvalue weighted by molar-refractivity contribution is 0.0696. The van der Waals surface area contributed by atoms with Gasteiger partial charge in [-0.25, -0.2) is 4.79 Å². The number of halogens is 1. The average molecular weight is 245 g/mol. The van der Waals surface area contributed by atoms with Crippen molar-refractivity contribution in [2.45, 2.75) is 6.61 Å². The summed E-state index contributed by atoms with van der Waals surface area (Å²) in [4.78, 5) is 10.6. The van der Waals surface area contributed by atoms with Crippen LogP contribution in [-0.2, 0) is 11.3 Å². The maximum atomic E-state index is 10.6. The van der Waals surface area contributed by atoms with Gasteiger partial charge in [-0.3, -0.25) is 0 Å². The molecule has 1 rings (SSSR count). The highest BCUT2D eigenvalue weighted by atomic mass is 79.9. The van der Waals surface area contributed by atoms with Crippen LogP contribution in [0.1, 0.15) is 15.9 Å². The van der Waals surface area contributed by atoms with Crippen molar-refractivity contribution in [3.05, 3.63) is 33.8 Å². The number of carboxylic acid groups (broad SMARTS) is 1. The molecule has 0 bridgehead atoms. The minimum absolute atomic E-state index is 0.273. The Morgan fingerprint density at radius 1 is 1.62 bits per heavy atom. The van der Waals surface area contributed by atoms with Crippen molar-refractivity contribution in [1.82, 2.24) is 0 Å². The number of hydrogen-bond donors (Lipinski definition) is 1. The maximum Gasteiger partial charge on any atom is 0.335 e. The fraction of sp³-hybridized carbons (Fsp3) is 0.222. The van der Waals surface area contributed by atoms with Gasteiger partial charge in [0.1, 0.15) is 0 Å². The summed E-state index contributed by atoms with van der Waals surface area (Å²) in [6.45, 7) is 0.404. The van der Waals surface area contributed by atoms with Crippen LogP contribution in [0.2, 0.25) is 0 Å². The van der Waals surface area contributed by atoms with Crippen LogP contribution >= 0.6 is 15.9 Å². The van der Waals surface area contributed by atoms with Gasteiger partial charge in [-0.05, 0) is 23.8 Å². The van der Waals surface area contributed by atoms with Crippen molar-refractivity contribution in [2.75, 3.05) is 7.11 Å². The number of rotatable bonds is 3. The van der Waals surface area contributed by atoms with Gasteiger partial charge in [-0.2, -0.15) is 0 Å². The normalized spacial score (nSPS) is 10.0. The molecule has 1 aromatic rings. The number of hydrogen-bond acceptors (Lipinski definition) is 2. The summed E-state index contributed by atoms with van der Waals surface area (Å²) in [6, 6.07) is 4.85. The Balaban J connectivity index is 3.03. The molecule has 0 radical (unpaired) electrons. The van der Waals surface area contributed by atoms with Gasteiger partial charge in [0.05, 0.1) is 12.2 Å². The Hall–Kier alpha value is -0.870. The topological polar surface area (TPSA) is 46.5 Å². The van der Waals surface area contributed by atoms with Gasteiger partial charge in [0.25, 0.3) is 0 Å². The summed E-state index contributed by atoms with van der Waals surface area (Å²) in [5.41, 5.74) is 1.11. The van der Waals surface area contributed by atoms with Gasteiger partial charge in [0, 0.05) is 11.6 Å². The fourth-order valence-electron chi connectivity index (χ4n) is 0.974. The Morgan fingerprint density at radius 2 is 2.31 bits per heavy atom. The molecule has 0 heterocycles. The number of benzene rings is 1. The summed E-state index contributed by atoms with van der Waals surface area (Å²) >= 11 is 3.31. The molecule has 0 aliphatic heterocycles. The first-order valence-electron chi connectivity index (χ1n) is 3.66. The number of carboxylic acids is 1. The zero-order valence-corrected chi connectivity index (χ0v) is 8.67. The van der Waals surface area contributed by atoms with Crippen molar-refractivity contribution in [3.8, 4) is 0 Å². The van der Waals surface area contributed by atoms with E-state index in [1.807, 2.05) is 0 Å². The molecule has 0 unspecified atom stereocenters. The van der Waals surface area contributed by atoms with Crippen LogP contribution in [0.5, 0.6) is 0 Å². The van der Waals surface area contributed by atoms with Crippen molar-refractivity contribution in [2.24, 2.45) is 0 Å². The van der Waals surface area contributed by atoms with Crippen LogP contribution < -0.4 is 0 Å². The number of ether oxygens (including phenoxy) is 1. The molecular weight excluding hydrogens is 236 g/mol. The molecule has 0 fully saturated rings. The fourth-order valence-corrected chi connectivity index (χ4v) is 1.33. The molecule has 0 saturated carbocycles. The van der Waals surface area contributed by atoms with Crippen LogP contribution in [-0.4, -0.2) is 18.2 Å². The Morgan fingerprint density at radius 3 is 2.85 bits per heavy atom. The Kier molecular flexibility index (Phi) is 3.45. The first-order valence-corrected chi connectivity index (χ1v) is 4.45. The van der Waals surface area contributed by atoms with E-state index in [9.17, 15) is 4.79 Å². The van der Waals surface area contributed by atoms with E-state index < -0.39 is 5.97 Å². The monoisotopic (exact) mass is 244 g/mol. The molecule has 0 saturated heterocycles. The minimum atomic E-state index is -0.926. The smallest absolute Gasteiger partial charge is 0.335 e. The van der Waals surface area contributed by atoms with Crippen molar-refractivity contribution in [1.29, 1.82) is 0 Å². The average Bonchev–Trinajstić information content (AvgIpc) is 2.08. The lowest BCUT2D eigenvalue weighted by atomic mass is 10.1. The highest BCUT2D eigenvalue weighted by molar-refractivity contribution is 9.10. The van der Waals surface area contributed by atoms with E-state index >= 15 is 0 Å². The van der Waals surface area contributed by atoms with E-state index in [0.717, 1.165) is 10.0 Å². The molecule has 0 aliphatic rings.